The van der Waals surface area contributed by atoms with Gasteiger partial charge in [-0.15, -0.1) is 0 Å². The molecule has 5 nitrogen and oxygen atoms in total. The van der Waals surface area contributed by atoms with E-state index in [0.717, 1.165) is 30.6 Å². The number of ether oxygens (including phenoxy) is 1. The van der Waals surface area contributed by atoms with Gasteiger partial charge >= 0.3 is 0 Å². The summed E-state index contributed by atoms with van der Waals surface area (Å²) in [5, 5.41) is 0. The number of rotatable bonds is 3. The highest BCUT2D eigenvalue weighted by molar-refractivity contribution is 5.44. The molecule has 0 spiro atoms. The molecule has 2 unspecified atom stereocenters. The van der Waals surface area contributed by atoms with E-state index in [9.17, 15) is 0 Å². The van der Waals surface area contributed by atoms with Crippen molar-refractivity contribution in [3.63, 3.8) is 0 Å². The Hall–Kier alpha value is -1.17. The van der Waals surface area contributed by atoms with Gasteiger partial charge in [0.1, 0.15) is 5.82 Å². The average molecular weight is 236 g/mol. The predicted octanol–water partition coefficient (Wildman–Crippen LogP) is 1.05. The zero-order chi connectivity index (χ0) is 12.5. The lowest BCUT2D eigenvalue weighted by Gasteiger charge is -2.33. The number of nitrogens with zero attached hydrogens (tertiary/aromatic N) is 1. The van der Waals surface area contributed by atoms with E-state index < -0.39 is 0 Å². The molecule has 0 amide bonds. The van der Waals surface area contributed by atoms with E-state index in [0.29, 0.717) is 5.82 Å². The molecule has 0 aromatic carbocycles. The molecule has 94 valence electrons. The van der Waals surface area contributed by atoms with Gasteiger partial charge in [0.2, 0.25) is 0 Å². The number of anilines is 1. The van der Waals surface area contributed by atoms with Gasteiger partial charge in [-0.05, 0) is 38.3 Å². The summed E-state index contributed by atoms with van der Waals surface area (Å²) in [6.07, 6.45) is 3.77. The Morgan fingerprint density at radius 1 is 1.59 bits per heavy atom. The van der Waals surface area contributed by atoms with Gasteiger partial charge in [0.15, 0.2) is 0 Å². The number of aryl methyl sites for hydroxylation is 1. The first-order chi connectivity index (χ1) is 8.07. The maximum Gasteiger partial charge on any atom is 0.128 e. The molecule has 1 fully saturated rings. The molecule has 2 atom stereocenters. The van der Waals surface area contributed by atoms with Crippen molar-refractivity contribution in [2.24, 2.45) is 5.84 Å². The average Bonchev–Trinajstić information content (AvgIpc) is 2.72. The SMILES string of the molecule is Cc1cnc(N)c(C(NN)C2(C)CCCO2)c1. The monoisotopic (exact) mass is 236 g/mol. The third kappa shape index (κ3) is 2.26. The number of nitrogen functional groups attached to an aromatic ring is 1. The third-order valence-electron chi connectivity index (χ3n) is 3.42. The molecule has 5 N–H and O–H groups in total. The van der Waals surface area contributed by atoms with E-state index >= 15 is 0 Å². The van der Waals surface area contributed by atoms with Gasteiger partial charge in [-0.2, -0.15) is 0 Å². The van der Waals surface area contributed by atoms with Crippen LogP contribution < -0.4 is 17.0 Å². The van der Waals surface area contributed by atoms with Crippen LogP contribution in [-0.4, -0.2) is 17.2 Å². The van der Waals surface area contributed by atoms with E-state index in [4.69, 9.17) is 16.3 Å². The van der Waals surface area contributed by atoms with Crippen LogP contribution in [0.2, 0.25) is 0 Å². The van der Waals surface area contributed by atoms with E-state index in [-0.39, 0.29) is 11.6 Å². The maximum atomic E-state index is 5.93. The Morgan fingerprint density at radius 2 is 2.35 bits per heavy atom. The Labute approximate surface area is 102 Å². The minimum atomic E-state index is -0.307. The minimum Gasteiger partial charge on any atom is -0.383 e. The summed E-state index contributed by atoms with van der Waals surface area (Å²) in [4.78, 5) is 4.18. The van der Waals surface area contributed by atoms with Crippen LogP contribution in [0.3, 0.4) is 0 Å². The molecule has 1 aliphatic heterocycles. The van der Waals surface area contributed by atoms with Crippen molar-refractivity contribution < 1.29 is 4.74 Å². The molecule has 5 heteroatoms. The molecule has 0 aliphatic carbocycles. The number of hydrogen-bond acceptors (Lipinski definition) is 5. The van der Waals surface area contributed by atoms with Crippen molar-refractivity contribution in [3.05, 3.63) is 23.4 Å². The number of nitrogens with two attached hydrogens (primary N) is 2. The first-order valence-electron chi connectivity index (χ1n) is 5.89. The second-order valence-corrected chi connectivity index (χ2v) is 4.85. The smallest absolute Gasteiger partial charge is 0.128 e. The number of aromatic nitrogens is 1. The maximum absolute atomic E-state index is 5.93. The van der Waals surface area contributed by atoms with Gasteiger partial charge in [-0.25, -0.2) is 10.4 Å². The Bertz CT molecular complexity index is 401. The second-order valence-electron chi connectivity index (χ2n) is 4.85. The van der Waals surface area contributed by atoms with E-state index in [2.05, 4.69) is 17.3 Å². The van der Waals surface area contributed by atoms with E-state index in [1.165, 1.54) is 0 Å². The highest BCUT2D eigenvalue weighted by Crippen LogP contribution is 2.38. The molecular weight excluding hydrogens is 216 g/mol. The van der Waals surface area contributed by atoms with Gasteiger partial charge in [-0.3, -0.25) is 5.84 Å². The lowest BCUT2D eigenvalue weighted by atomic mass is 9.88. The quantitative estimate of drug-likeness (QED) is 0.539. The summed E-state index contributed by atoms with van der Waals surface area (Å²) < 4.78 is 5.82. The van der Waals surface area contributed by atoms with Crippen LogP contribution in [0.4, 0.5) is 5.82 Å². The van der Waals surface area contributed by atoms with Gasteiger partial charge in [0, 0.05) is 18.4 Å². The van der Waals surface area contributed by atoms with Crippen LogP contribution in [0, 0.1) is 6.92 Å². The highest BCUT2D eigenvalue weighted by Gasteiger charge is 2.39. The van der Waals surface area contributed by atoms with Crippen molar-refractivity contribution in [1.82, 2.24) is 10.4 Å². The lowest BCUT2D eigenvalue weighted by molar-refractivity contribution is -0.0124. The molecule has 0 radical (unpaired) electrons. The molecule has 2 rings (SSSR count). The van der Waals surface area contributed by atoms with E-state index in [1.807, 2.05) is 13.0 Å². The zero-order valence-electron chi connectivity index (χ0n) is 10.4. The van der Waals surface area contributed by atoms with Gasteiger partial charge in [0.05, 0.1) is 11.6 Å². The molecule has 1 aromatic rings. The lowest BCUT2D eigenvalue weighted by Crippen LogP contribution is -2.44. The standard InChI is InChI=1S/C12H20N4O/c1-8-6-9(11(13)15-7-8)10(16-14)12(2)4-3-5-17-12/h6-7,10,16H,3-5,14H2,1-2H3,(H2,13,15). The molecule has 1 aromatic heterocycles. The van der Waals surface area contributed by atoms with Crippen molar-refractivity contribution in [2.75, 3.05) is 12.3 Å². The molecule has 1 aliphatic rings. The predicted molar refractivity (Wildman–Crippen MR) is 67.0 cm³/mol. The number of nitrogens with one attached hydrogen (secondary N) is 1. The largest absolute Gasteiger partial charge is 0.383 e. The second kappa shape index (κ2) is 4.60. The summed E-state index contributed by atoms with van der Waals surface area (Å²) in [5.74, 6) is 6.18. The fraction of sp³-hybridized carbons (Fsp3) is 0.583. The highest BCUT2D eigenvalue weighted by atomic mass is 16.5. The first-order valence-corrected chi connectivity index (χ1v) is 5.89. The topological polar surface area (TPSA) is 86.2 Å². The van der Waals surface area contributed by atoms with Gasteiger partial charge in [0.25, 0.3) is 0 Å². The summed E-state index contributed by atoms with van der Waals surface area (Å²) >= 11 is 0. The summed E-state index contributed by atoms with van der Waals surface area (Å²) in [7, 11) is 0. The fourth-order valence-electron chi connectivity index (χ4n) is 2.46. The Kier molecular flexibility index (Phi) is 3.33. The number of hydrogen-bond donors (Lipinski definition) is 3. The van der Waals surface area contributed by atoms with Crippen LogP contribution in [-0.2, 0) is 4.74 Å². The molecule has 0 bridgehead atoms. The van der Waals surface area contributed by atoms with Crippen LogP contribution in [0.15, 0.2) is 12.3 Å². The molecule has 17 heavy (non-hydrogen) atoms. The summed E-state index contributed by atoms with van der Waals surface area (Å²) in [6.45, 7) is 4.82. The van der Waals surface area contributed by atoms with Crippen LogP contribution in [0.25, 0.3) is 0 Å². The Morgan fingerprint density at radius 3 is 2.94 bits per heavy atom. The minimum absolute atomic E-state index is 0.127. The van der Waals surface area contributed by atoms with Crippen LogP contribution >= 0.6 is 0 Å². The zero-order valence-corrected chi connectivity index (χ0v) is 10.4. The van der Waals surface area contributed by atoms with Gasteiger partial charge < -0.3 is 10.5 Å². The summed E-state index contributed by atoms with van der Waals surface area (Å²) in [6, 6.07) is 1.89. The van der Waals surface area contributed by atoms with E-state index in [1.54, 1.807) is 6.20 Å². The van der Waals surface area contributed by atoms with Crippen molar-refractivity contribution >= 4 is 5.82 Å². The van der Waals surface area contributed by atoms with Crippen molar-refractivity contribution in [3.8, 4) is 0 Å². The third-order valence-corrected chi connectivity index (χ3v) is 3.42. The normalized spacial score (nSPS) is 26.1. The van der Waals surface area contributed by atoms with Crippen molar-refractivity contribution in [1.29, 1.82) is 0 Å². The van der Waals surface area contributed by atoms with Crippen LogP contribution in [0.1, 0.15) is 36.9 Å². The number of hydrazine groups is 1. The molecular formula is C12H20N4O. The van der Waals surface area contributed by atoms with Gasteiger partial charge in [-0.1, -0.05) is 0 Å². The Balaban J connectivity index is 2.37. The molecule has 0 saturated carbocycles. The van der Waals surface area contributed by atoms with Crippen LogP contribution in [0.5, 0.6) is 0 Å². The fourth-order valence-corrected chi connectivity index (χ4v) is 2.46. The molecule has 2 heterocycles. The molecule has 1 saturated heterocycles. The summed E-state index contributed by atoms with van der Waals surface area (Å²) in [5.41, 5.74) is 10.4. The first kappa shape index (κ1) is 12.3. The van der Waals surface area contributed by atoms with Crippen molar-refractivity contribution in [2.45, 2.75) is 38.3 Å². The number of pyridine rings is 1.